The maximum Gasteiger partial charge on any atom is 0.226 e. The van der Waals surface area contributed by atoms with Crippen molar-refractivity contribution in [3.8, 4) is 28.5 Å². The highest BCUT2D eigenvalue weighted by molar-refractivity contribution is 5.87. The van der Waals surface area contributed by atoms with E-state index in [0.717, 1.165) is 78.6 Å². The molecule has 202 valence electrons. The summed E-state index contributed by atoms with van der Waals surface area (Å²) in [4.78, 5) is 21.0. The zero-order valence-corrected chi connectivity index (χ0v) is 22.7. The minimum atomic E-state index is 0.0839. The van der Waals surface area contributed by atoms with E-state index in [1.165, 1.54) is 6.42 Å². The van der Waals surface area contributed by atoms with E-state index >= 15 is 0 Å². The first kappa shape index (κ1) is 26.3. The summed E-state index contributed by atoms with van der Waals surface area (Å²) in [5.74, 6) is 2.37. The lowest BCUT2D eigenvalue weighted by molar-refractivity contribution is -0.138. The summed E-state index contributed by atoms with van der Waals surface area (Å²) in [7, 11) is 4.92. The van der Waals surface area contributed by atoms with Crippen molar-refractivity contribution in [1.82, 2.24) is 9.88 Å². The van der Waals surface area contributed by atoms with Crippen LogP contribution in [0.5, 0.6) is 17.2 Å². The molecule has 0 N–H and O–H groups in total. The van der Waals surface area contributed by atoms with Crippen molar-refractivity contribution in [2.45, 2.75) is 57.6 Å². The number of carbonyl (C=O) groups excluding carboxylic acids is 1. The normalized spacial score (nSPS) is 17.9. The van der Waals surface area contributed by atoms with Gasteiger partial charge < -0.3 is 23.8 Å². The van der Waals surface area contributed by atoms with Crippen molar-refractivity contribution in [3.05, 3.63) is 48.0 Å². The number of rotatable bonds is 9. The molecule has 5 rings (SSSR count). The Morgan fingerprint density at radius 3 is 2.45 bits per heavy atom. The third-order valence-electron chi connectivity index (χ3n) is 7.82. The van der Waals surface area contributed by atoms with Crippen molar-refractivity contribution in [2.24, 2.45) is 5.92 Å². The number of hydrogen-bond acceptors (Lipinski definition) is 6. The fraction of sp³-hybridized carbons (Fsp3) is 0.484. The van der Waals surface area contributed by atoms with Gasteiger partial charge in [0.2, 0.25) is 5.91 Å². The highest BCUT2D eigenvalue weighted by Gasteiger charge is 2.30. The van der Waals surface area contributed by atoms with Gasteiger partial charge in [-0.3, -0.25) is 4.79 Å². The molecule has 0 radical (unpaired) electrons. The summed E-state index contributed by atoms with van der Waals surface area (Å²) in [5.41, 5.74) is 3.56. The van der Waals surface area contributed by atoms with Gasteiger partial charge in [-0.15, -0.1) is 0 Å². The molecule has 1 aliphatic heterocycles. The van der Waals surface area contributed by atoms with E-state index in [4.69, 9.17) is 23.9 Å². The minimum Gasteiger partial charge on any atom is -0.497 e. The van der Waals surface area contributed by atoms with Gasteiger partial charge >= 0.3 is 0 Å². The predicted molar refractivity (Wildman–Crippen MR) is 148 cm³/mol. The van der Waals surface area contributed by atoms with E-state index in [0.29, 0.717) is 24.6 Å². The van der Waals surface area contributed by atoms with Crippen LogP contribution in [0.3, 0.4) is 0 Å². The predicted octanol–water partition coefficient (Wildman–Crippen LogP) is 6.02. The molecule has 2 heterocycles. The van der Waals surface area contributed by atoms with Crippen LogP contribution in [0, 0.1) is 5.92 Å². The number of pyridine rings is 1. The number of methoxy groups -OCH3 is 3. The second-order valence-corrected chi connectivity index (χ2v) is 10.3. The van der Waals surface area contributed by atoms with Gasteiger partial charge in [0.1, 0.15) is 5.75 Å². The van der Waals surface area contributed by atoms with Crippen LogP contribution in [0.15, 0.2) is 42.5 Å². The van der Waals surface area contributed by atoms with Crippen LogP contribution in [-0.2, 0) is 16.1 Å². The molecule has 2 fully saturated rings. The third-order valence-corrected chi connectivity index (χ3v) is 7.82. The highest BCUT2D eigenvalue weighted by atomic mass is 16.5. The molecule has 1 aliphatic carbocycles. The van der Waals surface area contributed by atoms with E-state index in [1.807, 2.05) is 41.3 Å². The largest absolute Gasteiger partial charge is 0.497 e. The van der Waals surface area contributed by atoms with Crippen LogP contribution in [-0.4, -0.2) is 56.4 Å². The third kappa shape index (κ3) is 5.73. The van der Waals surface area contributed by atoms with Crippen LogP contribution in [0.2, 0.25) is 0 Å². The average Bonchev–Trinajstić information content (AvgIpc) is 3.49. The minimum absolute atomic E-state index is 0.0839. The molecule has 1 atom stereocenters. The molecule has 1 saturated heterocycles. The lowest BCUT2D eigenvalue weighted by Gasteiger charge is -2.31. The summed E-state index contributed by atoms with van der Waals surface area (Å²) < 4.78 is 22.6. The van der Waals surface area contributed by atoms with E-state index in [-0.39, 0.29) is 17.9 Å². The molecule has 38 heavy (non-hydrogen) atoms. The molecule has 1 saturated carbocycles. The molecule has 2 aliphatic rings. The molecule has 1 amide bonds. The second-order valence-electron chi connectivity index (χ2n) is 10.3. The smallest absolute Gasteiger partial charge is 0.226 e. The van der Waals surface area contributed by atoms with Crippen LogP contribution in [0.1, 0.15) is 50.5 Å². The number of carbonyl (C=O) groups is 1. The number of fused-ring (bicyclic) bond motifs is 1. The van der Waals surface area contributed by atoms with Crippen molar-refractivity contribution < 1.29 is 23.7 Å². The topological polar surface area (TPSA) is 70.1 Å². The number of aromatic nitrogens is 1. The summed E-state index contributed by atoms with van der Waals surface area (Å²) in [6, 6.07) is 13.9. The van der Waals surface area contributed by atoms with E-state index in [1.54, 1.807) is 21.3 Å². The van der Waals surface area contributed by atoms with Crippen LogP contribution >= 0.6 is 0 Å². The van der Waals surface area contributed by atoms with E-state index < -0.39 is 0 Å². The molecule has 0 spiro atoms. The lowest BCUT2D eigenvalue weighted by atomic mass is 9.88. The SMILES string of the molecule is COc1cccc(-c2nc3cc(OC)c(OC)cc3cc2CN(C[C@@H]2CCCO2)C(=O)C2CCCCC2)c1. The van der Waals surface area contributed by atoms with Gasteiger partial charge in [0, 0.05) is 42.6 Å². The van der Waals surface area contributed by atoms with E-state index in [2.05, 4.69) is 6.07 Å². The van der Waals surface area contributed by atoms with Gasteiger partial charge in [0.15, 0.2) is 11.5 Å². The fourth-order valence-electron chi connectivity index (χ4n) is 5.77. The second kappa shape index (κ2) is 12.0. The Morgan fingerprint density at radius 2 is 1.74 bits per heavy atom. The molecular formula is C31H38N2O5. The quantitative estimate of drug-likeness (QED) is 0.345. The Labute approximate surface area is 225 Å². The van der Waals surface area contributed by atoms with E-state index in [9.17, 15) is 4.79 Å². The first-order valence-electron chi connectivity index (χ1n) is 13.7. The molecule has 7 heteroatoms. The Balaban J connectivity index is 1.59. The van der Waals surface area contributed by atoms with Gasteiger partial charge in [-0.05, 0) is 55.5 Å². The Bertz CT molecular complexity index is 1260. The van der Waals surface area contributed by atoms with Crippen molar-refractivity contribution >= 4 is 16.8 Å². The molecule has 2 aromatic carbocycles. The monoisotopic (exact) mass is 518 g/mol. The molecule has 0 unspecified atom stereocenters. The van der Waals surface area contributed by atoms with Gasteiger partial charge in [-0.1, -0.05) is 31.4 Å². The number of hydrogen-bond donors (Lipinski definition) is 0. The van der Waals surface area contributed by atoms with Gasteiger partial charge in [-0.2, -0.15) is 0 Å². The van der Waals surface area contributed by atoms with Gasteiger partial charge in [0.05, 0.1) is 38.6 Å². The number of nitrogens with zero attached hydrogens (tertiary/aromatic N) is 2. The summed E-state index contributed by atoms with van der Waals surface area (Å²) in [5, 5.41) is 0.937. The van der Waals surface area contributed by atoms with Crippen LogP contribution in [0.4, 0.5) is 0 Å². The maximum atomic E-state index is 13.9. The molecule has 1 aromatic heterocycles. The Kier molecular flexibility index (Phi) is 8.32. The summed E-state index contributed by atoms with van der Waals surface area (Å²) in [6.45, 7) is 1.85. The van der Waals surface area contributed by atoms with Crippen molar-refractivity contribution in [3.63, 3.8) is 0 Å². The summed E-state index contributed by atoms with van der Waals surface area (Å²) >= 11 is 0. The standard InChI is InChI=1S/C31H38N2O5/c1-35-25-12-7-11-22(16-25)30-24(15-23-17-28(36-2)29(37-3)18-27(23)32-30)19-33(20-26-13-8-14-38-26)31(34)21-9-5-4-6-10-21/h7,11-12,15-18,21,26H,4-6,8-10,13-14,19-20H2,1-3H3/t26-/m0/s1. The number of benzene rings is 2. The first-order valence-corrected chi connectivity index (χ1v) is 13.7. The van der Waals surface area contributed by atoms with Crippen LogP contribution in [0.25, 0.3) is 22.2 Å². The Morgan fingerprint density at radius 1 is 0.947 bits per heavy atom. The average molecular weight is 519 g/mol. The zero-order chi connectivity index (χ0) is 26.5. The van der Waals surface area contributed by atoms with Crippen molar-refractivity contribution in [1.29, 1.82) is 0 Å². The van der Waals surface area contributed by atoms with Gasteiger partial charge in [0.25, 0.3) is 0 Å². The van der Waals surface area contributed by atoms with Crippen LogP contribution < -0.4 is 14.2 Å². The zero-order valence-electron chi connectivity index (χ0n) is 22.7. The van der Waals surface area contributed by atoms with Gasteiger partial charge in [-0.25, -0.2) is 4.98 Å². The first-order chi connectivity index (χ1) is 18.6. The Hall–Kier alpha value is -3.32. The highest BCUT2D eigenvalue weighted by Crippen LogP contribution is 2.36. The maximum absolute atomic E-state index is 13.9. The fourth-order valence-corrected chi connectivity index (χ4v) is 5.77. The number of ether oxygens (including phenoxy) is 4. The lowest BCUT2D eigenvalue weighted by Crippen LogP contribution is -2.41. The molecule has 0 bridgehead atoms. The molecule has 3 aromatic rings. The summed E-state index contributed by atoms with van der Waals surface area (Å²) in [6.07, 6.45) is 7.52. The molecule has 7 nitrogen and oxygen atoms in total. The number of amides is 1. The van der Waals surface area contributed by atoms with Crippen molar-refractivity contribution in [2.75, 3.05) is 34.5 Å². The molecular weight excluding hydrogens is 480 g/mol.